The van der Waals surface area contributed by atoms with Gasteiger partial charge in [0.15, 0.2) is 0 Å². The van der Waals surface area contributed by atoms with Crippen LogP contribution in [0.4, 0.5) is 0 Å². The second-order valence-corrected chi connectivity index (χ2v) is 13.4. The van der Waals surface area contributed by atoms with E-state index in [4.69, 9.17) is 0 Å². The van der Waals surface area contributed by atoms with Gasteiger partial charge in [-0.05, 0) is 55.5 Å². The van der Waals surface area contributed by atoms with Crippen molar-refractivity contribution in [1.82, 2.24) is 59.9 Å². The van der Waals surface area contributed by atoms with E-state index in [1.807, 2.05) is 165 Å². The highest BCUT2D eigenvalue weighted by Gasteiger charge is 2.14. The Morgan fingerprint density at radius 2 is 0.892 bits per heavy atom. The Labute approximate surface area is 378 Å². The van der Waals surface area contributed by atoms with Gasteiger partial charge in [-0.25, -0.2) is 24.6 Å². The second-order valence-electron chi connectivity index (χ2n) is 13.4. The number of benzene rings is 4. The number of nitrogens with one attached hydrogen (secondary N) is 2. The summed E-state index contributed by atoms with van der Waals surface area (Å²) in [6, 6.07) is 38.2. The van der Waals surface area contributed by atoms with Crippen LogP contribution in [0.2, 0.25) is 0 Å². The molecule has 6 aromatic heterocycles. The second kappa shape index (κ2) is 24.8. The number of para-hydroxylation sites is 3. The molecule has 0 aliphatic carbocycles. The van der Waals surface area contributed by atoms with Gasteiger partial charge in [0.05, 0.1) is 57.1 Å². The van der Waals surface area contributed by atoms with Crippen molar-refractivity contribution >= 4 is 43.9 Å². The van der Waals surface area contributed by atoms with E-state index in [1.165, 1.54) is 15.4 Å². The number of nitrogens with zero attached hydrogens (tertiary/aromatic N) is 10. The lowest BCUT2D eigenvalue weighted by Gasteiger charge is -2.06. The molecule has 6 heterocycles. The van der Waals surface area contributed by atoms with Crippen molar-refractivity contribution in [2.75, 3.05) is 0 Å². The van der Waals surface area contributed by atoms with Gasteiger partial charge in [-0.2, -0.15) is 25.1 Å². The van der Waals surface area contributed by atoms with E-state index in [0.29, 0.717) is 48.8 Å². The maximum atomic E-state index is 12.4. The normalized spacial score (nSPS) is 10.3. The Morgan fingerprint density at radius 1 is 0.462 bits per heavy atom. The lowest BCUT2D eigenvalue weighted by atomic mass is 10.1. The predicted molar refractivity (Wildman–Crippen MR) is 262 cm³/mol. The number of aromatic amines is 2. The third kappa shape index (κ3) is 11.8. The van der Waals surface area contributed by atoms with E-state index in [-0.39, 0.29) is 11.1 Å². The Morgan fingerprint density at radius 3 is 1.42 bits per heavy atom. The van der Waals surface area contributed by atoms with Crippen LogP contribution in [0.25, 0.3) is 49.6 Å². The summed E-state index contributed by atoms with van der Waals surface area (Å²) in [7, 11) is 0. The highest BCUT2D eigenvalue weighted by atomic mass is 16.1. The molecule has 0 amide bonds. The molecule has 0 saturated heterocycles. The van der Waals surface area contributed by atoms with Crippen LogP contribution in [0.5, 0.6) is 0 Å². The molecule has 0 saturated carbocycles. The van der Waals surface area contributed by atoms with Crippen LogP contribution in [0, 0.1) is 0 Å². The van der Waals surface area contributed by atoms with Crippen molar-refractivity contribution in [1.29, 1.82) is 0 Å². The van der Waals surface area contributed by atoms with E-state index in [9.17, 15) is 9.59 Å². The fourth-order valence-electron chi connectivity index (χ4n) is 6.87. The van der Waals surface area contributed by atoms with Crippen LogP contribution < -0.4 is 11.1 Å². The van der Waals surface area contributed by atoms with Crippen molar-refractivity contribution in [3.8, 4) is 5.69 Å². The number of hydrogen-bond donors (Lipinski definition) is 2. The molecule has 0 spiro atoms. The van der Waals surface area contributed by atoms with Gasteiger partial charge in [-0.15, -0.1) is 0 Å². The van der Waals surface area contributed by atoms with Gasteiger partial charge in [0.1, 0.15) is 23.7 Å². The summed E-state index contributed by atoms with van der Waals surface area (Å²) in [6.45, 7) is 16.4. The van der Waals surface area contributed by atoms with Crippen LogP contribution in [0.1, 0.15) is 83.7 Å². The molecule has 14 heteroatoms. The summed E-state index contributed by atoms with van der Waals surface area (Å²) in [4.78, 5) is 42.3. The lowest BCUT2D eigenvalue weighted by Crippen LogP contribution is -2.22. The van der Waals surface area contributed by atoms with Crippen LogP contribution in [-0.2, 0) is 32.2 Å². The van der Waals surface area contributed by atoms with Crippen molar-refractivity contribution in [3.63, 3.8) is 0 Å². The van der Waals surface area contributed by atoms with Gasteiger partial charge in [0, 0.05) is 22.9 Å². The summed E-state index contributed by atoms with van der Waals surface area (Å²) in [5.41, 5.74) is 9.54. The zero-order chi connectivity index (χ0) is 46.6. The number of rotatable bonds is 9. The first-order valence-electron chi connectivity index (χ1n) is 22.5. The van der Waals surface area contributed by atoms with Gasteiger partial charge in [-0.1, -0.05) is 140 Å². The zero-order valence-corrected chi connectivity index (χ0v) is 38.5. The molecule has 0 bridgehead atoms. The van der Waals surface area contributed by atoms with E-state index in [0.717, 1.165) is 61.3 Å². The molecule has 0 aliphatic rings. The molecule has 334 valence electrons. The number of H-pyrrole nitrogens is 2. The molecule has 0 fully saturated rings. The molecule has 0 unspecified atom stereocenters. The smallest absolute Gasteiger partial charge is 0.273 e. The molecule has 2 N–H and O–H groups in total. The first-order chi connectivity index (χ1) is 32.1. The molecule has 0 aliphatic heterocycles. The van der Waals surface area contributed by atoms with Gasteiger partial charge >= 0.3 is 0 Å². The molecule has 65 heavy (non-hydrogen) atoms. The summed E-state index contributed by atoms with van der Waals surface area (Å²) in [6.07, 6.45) is 5.91. The van der Waals surface area contributed by atoms with Crippen molar-refractivity contribution in [2.24, 2.45) is 0 Å². The SMILES string of the molecule is CC.CC.CC.CC.O=c1cc2[nH]nc(CCc3ncnc4ccccc34)c2nn1-c1ccccc1.O=c1cc2[nH]nc(CCc3ncnc4ccccc34)c2nn1Cc1ccccc1. The van der Waals surface area contributed by atoms with Crippen molar-refractivity contribution in [3.05, 3.63) is 183 Å². The predicted octanol–water partition coefficient (Wildman–Crippen LogP) is 9.84. The van der Waals surface area contributed by atoms with E-state index in [1.54, 1.807) is 18.7 Å². The van der Waals surface area contributed by atoms with E-state index in [2.05, 4.69) is 50.5 Å². The fraction of sp³-hybridized carbons (Fsp3) is 0.255. The molecule has 0 atom stereocenters. The first kappa shape index (κ1) is 48.3. The quantitative estimate of drug-likeness (QED) is 0.142. The number of fused-ring (bicyclic) bond motifs is 4. The van der Waals surface area contributed by atoms with Crippen LogP contribution in [-0.4, -0.2) is 59.9 Å². The molecule has 0 radical (unpaired) electrons. The average molecular weight is 871 g/mol. The average Bonchev–Trinajstić information content (AvgIpc) is 3.97. The number of hydrogen-bond acceptors (Lipinski definition) is 10. The first-order valence-corrected chi connectivity index (χ1v) is 22.5. The largest absolute Gasteiger partial charge is 0.276 e. The number of aromatic nitrogens is 12. The highest BCUT2D eigenvalue weighted by Crippen LogP contribution is 2.20. The summed E-state index contributed by atoms with van der Waals surface area (Å²) in [5.74, 6) is 0. The minimum atomic E-state index is -0.198. The molecule has 4 aromatic carbocycles. The van der Waals surface area contributed by atoms with Gasteiger partial charge < -0.3 is 0 Å². The Kier molecular flexibility index (Phi) is 18.4. The van der Waals surface area contributed by atoms with Crippen LogP contribution in [0.15, 0.2) is 144 Å². The standard InChI is InChI=1S/C22H18N6O.C21H16N6O.4C2H6/c29-21-12-20-22(27-28(21)13-15-6-2-1-3-7-15)19(25-26-20)11-10-18-16-8-4-5-9-17(16)23-14-24-18;28-20-12-19-21(26-27(20)14-6-2-1-3-7-14)18(24-25-19)11-10-17-15-8-4-5-9-16(15)22-13-23-17;4*1-2/h1-9,12,14,26H,10-11,13H2;1-9,12-13,25H,10-11H2;4*1-2H3. The Bertz CT molecular complexity index is 3110. The van der Waals surface area contributed by atoms with E-state index < -0.39 is 0 Å². The minimum absolute atomic E-state index is 0.154. The Hall–Kier alpha value is -7.74. The monoisotopic (exact) mass is 870 g/mol. The summed E-state index contributed by atoms with van der Waals surface area (Å²) >= 11 is 0. The van der Waals surface area contributed by atoms with Gasteiger partial charge in [0.2, 0.25) is 0 Å². The molecular formula is C51H58N12O2. The summed E-state index contributed by atoms with van der Waals surface area (Å²) < 4.78 is 2.89. The van der Waals surface area contributed by atoms with Crippen molar-refractivity contribution in [2.45, 2.75) is 87.6 Å². The van der Waals surface area contributed by atoms with Gasteiger partial charge in [0.25, 0.3) is 11.1 Å². The van der Waals surface area contributed by atoms with Crippen molar-refractivity contribution < 1.29 is 0 Å². The lowest BCUT2D eigenvalue weighted by molar-refractivity contribution is 0.652. The maximum absolute atomic E-state index is 12.4. The number of aryl methyl sites for hydroxylation is 4. The van der Waals surface area contributed by atoms with E-state index >= 15 is 0 Å². The maximum Gasteiger partial charge on any atom is 0.273 e. The topological polar surface area (TPSA) is 179 Å². The van der Waals surface area contributed by atoms with Gasteiger partial charge in [-0.3, -0.25) is 19.8 Å². The zero-order valence-electron chi connectivity index (χ0n) is 38.5. The molecule has 10 aromatic rings. The highest BCUT2D eigenvalue weighted by molar-refractivity contribution is 5.82. The third-order valence-corrected chi connectivity index (χ3v) is 9.72. The Balaban J connectivity index is 0.000000212. The summed E-state index contributed by atoms with van der Waals surface area (Å²) in [5, 5.41) is 25.9. The fourth-order valence-corrected chi connectivity index (χ4v) is 6.87. The van der Waals surface area contributed by atoms with Crippen LogP contribution >= 0.6 is 0 Å². The molecule has 10 rings (SSSR count). The molecule has 14 nitrogen and oxygen atoms in total. The minimum Gasteiger partial charge on any atom is -0.276 e. The third-order valence-electron chi connectivity index (χ3n) is 9.72. The van der Waals surface area contributed by atoms with Crippen LogP contribution in [0.3, 0.4) is 0 Å². The molecular weight excluding hydrogens is 813 g/mol.